The van der Waals surface area contributed by atoms with Crippen LogP contribution in [0, 0.1) is 35.8 Å². The number of aromatic nitrogens is 4. The molecule has 0 N–H and O–H groups in total. The first-order valence-electron chi connectivity index (χ1n) is 9.93. The number of nitrogens with zero attached hydrogens (tertiary/aromatic N) is 8. The summed E-state index contributed by atoms with van der Waals surface area (Å²) in [6.45, 7) is 14.9. The Labute approximate surface area is 211 Å². The van der Waals surface area contributed by atoms with E-state index in [2.05, 4.69) is 29.6 Å². The number of fused-ring (bicyclic) bond motifs is 8. The topological polar surface area (TPSA) is 110 Å². The molecular formula is C26H10N8Zn. The summed E-state index contributed by atoms with van der Waals surface area (Å²) in [5.41, 5.74) is 3.93. The second kappa shape index (κ2) is 9.42. The summed E-state index contributed by atoms with van der Waals surface area (Å²) in [5.74, 6) is 0. The molecule has 156 valence electrons. The van der Waals surface area contributed by atoms with Gasteiger partial charge in [-0.2, -0.15) is 0 Å². The summed E-state index contributed by atoms with van der Waals surface area (Å²) in [5, 5.41) is 19.8. The third kappa shape index (κ3) is 4.17. The van der Waals surface area contributed by atoms with Crippen LogP contribution in [0.2, 0.25) is 0 Å². The number of hydrogen-bond donors (Lipinski definition) is 0. The van der Waals surface area contributed by atoms with Crippen LogP contribution in [0.5, 0.6) is 0 Å². The van der Waals surface area contributed by atoms with E-state index < -0.39 is 0 Å². The molecule has 0 saturated heterocycles. The van der Waals surface area contributed by atoms with Gasteiger partial charge >= 0.3 is 19.5 Å². The molecule has 0 aliphatic carbocycles. The fourth-order valence-corrected chi connectivity index (χ4v) is 3.71. The van der Waals surface area contributed by atoms with Gasteiger partial charge in [0.05, 0.1) is 48.1 Å². The first-order chi connectivity index (χ1) is 16.6. The molecule has 0 amide bonds. The summed E-state index contributed by atoms with van der Waals surface area (Å²) >= 11 is 0. The van der Waals surface area contributed by atoms with Crippen LogP contribution in [0.25, 0.3) is 67.5 Å². The second-order valence-corrected chi connectivity index (χ2v) is 7.20. The van der Waals surface area contributed by atoms with Gasteiger partial charge in [0.2, 0.25) is 0 Å². The zero-order valence-electron chi connectivity index (χ0n) is 18.1. The van der Waals surface area contributed by atoms with Gasteiger partial charge in [-0.05, 0) is 24.3 Å². The maximum absolute atomic E-state index is 9.53. The van der Waals surface area contributed by atoms with Crippen LogP contribution in [0.15, 0.2) is 36.4 Å². The van der Waals surface area contributed by atoms with Gasteiger partial charge in [0, 0.05) is 10.4 Å². The third-order valence-electron chi connectivity index (χ3n) is 5.17. The second-order valence-electron chi connectivity index (χ2n) is 7.20. The van der Waals surface area contributed by atoms with Crippen LogP contribution in [0.1, 0.15) is 22.8 Å². The van der Waals surface area contributed by atoms with Crippen molar-refractivity contribution in [3.8, 4) is 12.1 Å². The normalized spacial score (nSPS) is 12.9. The largest absolute Gasteiger partial charge is 2.00 e. The Bertz CT molecular complexity index is 1740. The molecule has 35 heavy (non-hydrogen) atoms. The molecule has 0 aromatic carbocycles. The summed E-state index contributed by atoms with van der Waals surface area (Å²) in [7, 11) is 0. The van der Waals surface area contributed by atoms with E-state index >= 15 is 0 Å². The maximum Gasteiger partial charge on any atom is 2.00 e. The zero-order chi connectivity index (χ0) is 23.7. The minimum atomic E-state index is -0.101. The minimum Gasteiger partial charge on any atom is -0.658 e. The van der Waals surface area contributed by atoms with Gasteiger partial charge in [-0.3, -0.25) is 0 Å². The predicted octanol–water partition coefficient (Wildman–Crippen LogP) is 3.01. The van der Waals surface area contributed by atoms with Crippen molar-refractivity contribution in [2.45, 2.75) is 0 Å². The van der Waals surface area contributed by atoms with Gasteiger partial charge in [-0.25, -0.2) is 30.2 Å². The van der Waals surface area contributed by atoms with Gasteiger partial charge < -0.3 is 9.97 Å². The summed E-state index contributed by atoms with van der Waals surface area (Å²) < 4.78 is 0. The molecule has 9 heteroatoms. The molecule has 0 spiro atoms. The molecule has 8 bridgehead atoms. The smallest absolute Gasteiger partial charge is 0.658 e. The Hall–Kier alpha value is -5.08. The molecule has 0 atom stereocenters. The number of nitriles is 2. The quantitative estimate of drug-likeness (QED) is 0.239. The molecule has 5 heterocycles. The van der Waals surface area contributed by atoms with Gasteiger partial charge in [0.15, 0.2) is 0 Å². The summed E-state index contributed by atoms with van der Waals surface area (Å²) in [6.07, 6.45) is 6.98. The average molecular weight is 500 g/mol. The van der Waals surface area contributed by atoms with Crippen LogP contribution in [-0.4, -0.2) is 9.97 Å². The van der Waals surface area contributed by atoms with Crippen LogP contribution < -0.4 is 20.4 Å². The molecule has 2 aliphatic rings. The van der Waals surface area contributed by atoms with Gasteiger partial charge in [0.25, 0.3) is 11.4 Å². The molecule has 0 unspecified atom stereocenters. The molecule has 8 nitrogen and oxygen atoms in total. The SMILES string of the molecule is [C-]#[N+]/C(C#N)=c1/c2nc(cc3ccc([n-]3)/c(=C(\C#N)[N+]#[C-])c3nc(cc4ccc1[n-]4)C=C3)C=C2.[Zn+2]. The van der Waals surface area contributed by atoms with Crippen molar-refractivity contribution in [2.24, 2.45) is 0 Å². The molecule has 5 rings (SSSR count). The molecule has 3 aromatic rings. The Morgan fingerprint density at radius 1 is 0.714 bits per heavy atom. The molecule has 0 radical (unpaired) electrons. The molecular weight excluding hydrogens is 490 g/mol. The minimum absolute atomic E-state index is 0. The van der Waals surface area contributed by atoms with Crippen molar-refractivity contribution < 1.29 is 19.5 Å². The van der Waals surface area contributed by atoms with Gasteiger partial charge in [-0.1, -0.05) is 36.4 Å². The fourth-order valence-electron chi connectivity index (χ4n) is 3.71. The molecule has 3 aromatic heterocycles. The summed E-state index contributed by atoms with van der Waals surface area (Å²) in [4.78, 5) is 25.1. The maximum atomic E-state index is 9.53. The Balaban J connectivity index is 0.00000289. The predicted molar refractivity (Wildman–Crippen MR) is 127 cm³/mol. The number of rotatable bonds is 0. The first kappa shape index (κ1) is 23.1. The molecule has 0 fully saturated rings. The Morgan fingerprint density at radius 3 is 1.51 bits per heavy atom. The van der Waals surface area contributed by atoms with E-state index in [0.717, 1.165) is 0 Å². The van der Waals surface area contributed by atoms with Gasteiger partial charge in [0.1, 0.15) is 0 Å². The van der Waals surface area contributed by atoms with Gasteiger partial charge in [-0.15, -0.1) is 22.1 Å². The number of hydrogen-bond acceptors (Lipinski definition) is 4. The van der Waals surface area contributed by atoms with Crippen molar-refractivity contribution >= 4 is 57.8 Å². The van der Waals surface area contributed by atoms with Crippen LogP contribution in [0.4, 0.5) is 0 Å². The fraction of sp³-hybridized carbons (Fsp3) is 0. The Kier molecular flexibility index (Phi) is 6.22. The van der Waals surface area contributed by atoms with E-state index in [1.165, 1.54) is 0 Å². The van der Waals surface area contributed by atoms with E-state index in [4.69, 9.17) is 13.1 Å². The summed E-state index contributed by atoms with van der Waals surface area (Å²) in [6, 6.07) is 14.3. The standard InChI is InChI=1S/C26H10N8.Zn/c1-29-23(13-27)25-19-7-3-15(31-19)11-17-5-9-21(33-17)26(24(14-28)30-2)22-10-6-18(34-22)12-16-4-8-20(25)32-16;/h3-12H;/q-2;+2/b15-11?,18-12?,25-23-,26-24-;. The van der Waals surface area contributed by atoms with E-state index in [-0.39, 0.29) is 30.9 Å². The van der Waals surface area contributed by atoms with E-state index in [0.29, 0.717) is 55.3 Å². The van der Waals surface area contributed by atoms with Crippen LogP contribution >= 0.6 is 0 Å². The zero-order valence-corrected chi connectivity index (χ0v) is 21.0. The monoisotopic (exact) mass is 498 g/mol. The third-order valence-corrected chi connectivity index (χ3v) is 5.17. The van der Waals surface area contributed by atoms with Crippen molar-refractivity contribution in [1.29, 1.82) is 10.5 Å². The van der Waals surface area contributed by atoms with Crippen LogP contribution in [-0.2, 0) is 19.5 Å². The van der Waals surface area contributed by atoms with Crippen molar-refractivity contribution in [1.82, 2.24) is 19.9 Å². The van der Waals surface area contributed by atoms with E-state index in [1.807, 2.05) is 12.1 Å². The van der Waals surface area contributed by atoms with E-state index in [9.17, 15) is 10.5 Å². The van der Waals surface area contributed by atoms with Crippen molar-refractivity contribution in [2.75, 3.05) is 0 Å². The van der Waals surface area contributed by atoms with E-state index in [1.54, 1.807) is 60.7 Å². The van der Waals surface area contributed by atoms with Crippen molar-refractivity contribution in [3.63, 3.8) is 0 Å². The Morgan fingerprint density at radius 2 is 1.14 bits per heavy atom. The molecule has 0 saturated carbocycles. The molecule has 2 aliphatic heterocycles. The first-order valence-corrected chi connectivity index (χ1v) is 9.93. The van der Waals surface area contributed by atoms with Crippen molar-refractivity contribution in [3.05, 3.63) is 92.4 Å². The van der Waals surface area contributed by atoms with Crippen LogP contribution in [0.3, 0.4) is 0 Å². The average Bonchev–Trinajstić information content (AvgIpc) is 3.65.